The zero-order valence-electron chi connectivity index (χ0n) is 10.5. The Morgan fingerprint density at radius 1 is 1.38 bits per heavy atom. The first-order valence-electron chi connectivity index (χ1n) is 5.69. The average molecular weight is 232 g/mol. The Labute approximate surface area is 97.6 Å². The number of nitrogens with two attached hydrogens (primary N) is 1. The predicted octanol–water partition coefficient (Wildman–Crippen LogP) is 0.692. The lowest BCUT2D eigenvalue weighted by molar-refractivity contribution is -0.135. The Hall–Kier alpha value is -0.650. The van der Waals surface area contributed by atoms with Crippen molar-refractivity contribution in [3.05, 3.63) is 0 Å². The standard InChI is InChI=1S/C11H24N2O3/c1-9(2)6-10(8-12)7-11(14)13-16-5-4-15-3/h9-10H,4-8,12H2,1-3H3,(H,13,14). The minimum Gasteiger partial charge on any atom is -0.382 e. The number of ether oxygens (including phenoxy) is 1. The van der Waals surface area contributed by atoms with Crippen molar-refractivity contribution >= 4 is 5.91 Å². The van der Waals surface area contributed by atoms with Crippen molar-refractivity contribution in [3.63, 3.8) is 0 Å². The van der Waals surface area contributed by atoms with Gasteiger partial charge in [0.25, 0.3) is 0 Å². The van der Waals surface area contributed by atoms with E-state index >= 15 is 0 Å². The Bertz CT molecular complexity index is 186. The zero-order valence-corrected chi connectivity index (χ0v) is 10.5. The van der Waals surface area contributed by atoms with Crippen LogP contribution in [0.4, 0.5) is 0 Å². The molecule has 1 atom stereocenters. The number of hydroxylamine groups is 1. The number of nitrogens with one attached hydrogen (secondary N) is 1. The SMILES string of the molecule is COCCONC(=O)CC(CN)CC(C)C. The summed E-state index contributed by atoms with van der Waals surface area (Å²) in [5, 5.41) is 0. The lowest BCUT2D eigenvalue weighted by Crippen LogP contribution is -2.29. The topological polar surface area (TPSA) is 73.6 Å². The molecule has 0 aromatic heterocycles. The summed E-state index contributed by atoms with van der Waals surface area (Å²) in [6.07, 6.45) is 1.38. The second-order valence-electron chi connectivity index (χ2n) is 4.30. The monoisotopic (exact) mass is 232 g/mol. The van der Waals surface area contributed by atoms with E-state index in [0.717, 1.165) is 6.42 Å². The van der Waals surface area contributed by atoms with Crippen LogP contribution >= 0.6 is 0 Å². The second-order valence-corrected chi connectivity index (χ2v) is 4.30. The Morgan fingerprint density at radius 2 is 2.06 bits per heavy atom. The van der Waals surface area contributed by atoms with Crippen LogP contribution in [0.1, 0.15) is 26.7 Å². The lowest BCUT2D eigenvalue weighted by Gasteiger charge is -2.16. The molecule has 0 aromatic carbocycles. The Morgan fingerprint density at radius 3 is 2.56 bits per heavy atom. The van der Waals surface area contributed by atoms with Crippen LogP contribution in [0.5, 0.6) is 0 Å². The predicted molar refractivity (Wildman–Crippen MR) is 62.6 cm³/mol. The highest BCUT2D eigenvalue weighted by Crippen LogP contribution is 2.13. The molecule has 0 heterocycles. The van der Waals surface area contributed by atoms with E-state index in [4.69, 9.17) is 15.3 Å². The van der Waals surface area contributed by atoms with Gasteiger partial charge in [0, 0.05) is 13.5 Å². The van der Waals surface area contributed by atoms with Crippen LogP contribution in [-0.2, 0) is 14.4 Å². The third-order valence-corrected chi connectivity index (χ3v) is 2.19. The molecule has 0 fully saturated rings. The van der Waals surface area contributed by atoms with Crippen molar-refractivity contribution in [1.82, 2.24) is 5.48 Å². The number of rotatable bonds is 9. The summed E-state index contributed by atoms with van der Waals surface area (Å²) in [6.45, 7) is 5.60. The minimum absolute atomic E-state index is 0.118. The van der Waals surface area contributed by atoms with Crippen LogP contribution < -0.4 is 11.2 Å². The van der Waals surface area contributed by atoms with Crippen LogP contribution in [0.15, 0.2) is 0 Å². The number of amides is 1. The summed E-state index contributed by atoms with van der Waals surface area (Å²) in [5.74, 6) is 0.661. The number of carbonyl (C=O) groups is 1. The van der Waals surface area contributed by atoms with Gasteiger partial charge in [0.1, 0.15) is 0 Å². The van der Waals surface area contributed by atoms with Gasteiger partial charge in [-0.25, -0.2) is 5.48 Å². The average Bonchev–Trinajstić information content (AvgIpc) is 2.23. The molecule has 0 aliphatic carbocycles. The smallest absolute Gasteiger partial charge is 0.243 e. The molecule has 0 saturated carbocycles. The molecule has 5 nitrogen and oxygen atoms in total. The largest absolute Gasteiger partial charge is 0.382 e. The maximum absolute atomic E-state index is 11.4. The van der Waals surface area contributed by atoms with E-state index in [-0.39, 0.29) is 11.8 Å². The number of hydrogen-bond acceptors (Lipinski definition) is 4. The summed E-state index contributed by atoms with van der Waals surface area (Å²) in [6, 6.07) is 0. The maximum Gasteiger partial charge on any atom is 0.243 e. The van der Waals surface area contributed by atoms with Gasteiger partial charge in [-0.05, 0) is 24.8 Å². The molecule has 0 radical (unpaired) electrons. The molecule has 5 heteroatoms. The fraction of sp³-hybridized carbons (Fsp3) is 0.909. The molecule has 0 aliphatic heterocycles. The molecule has 3 N–H and O–H groups in total. The quantitative estimate of drug-likeness (QED) is 0.453. The van der Waals surface area contributed by atoms with Crippen LogP contribution in [0.2, 0.25) is 0 Å². The highest BCUT2D eigenvalue weighted by atomic mass is 16.7. The molecule has 0 aliphatic rings. The van der Waals surface area contributed by atoms with Crippen molar-refractivity contribution < 1.29 is 14.4 Å². The lowest BCUT2D eigenvalue weighted by atomic mass is 9.94. The summed E-state index contributed by atoms with van der Waals surface area (Å²) >= 11 is 0. The van der Waals surface area contributed by atoms with Crippen LogP contribution in [0.3, 0.4) is 0 Å². The van der Waals surface area contributed by atoms with E-state index in [0.29, 0.717) is 32.1 Å². The summed E-state index contributed by atoms with van der Waals surface area (Å²) in [4.78, 5) is 16.3. The van der Waals surface area contributed by atoms with Gasteiger partial charge in [-0.3, -0.25) is 9.63 Å². The molecule has 96 valence electrons. The first kappa shape index (κ1) is 15.3. The van der Waals surface area contributed by atoms with E-state index in [1.807, 2.05) is 0 Å². The van der Waals surface area contributed by atoms with E-state index in [9.17, 15) is 4.79 Å². The third kappa shape index (κ3) is 8.64. The van der Waals surface area contributed by atoms with Gasteiger partial charge in [-0.2, -0.15) is 0 Å². The highest BCUT2D eigenvalue weighted by molar-refractivity contribution is 5.75. The molecule has 0 rings (SSSR count). The molecule has 0 saturated heterocycles. The van der Waals surface area contributed by atoms with Crippen molar-refractivity contribution in [2.75, 3.05) is 26.9 Å². The number of methoxy groups -OCH3 is 1. The van der Waals surface area contributed by atoms with Crippen molar-refractivity contribution in [1.29, 1.82) is 0 Å². The van der Waals surface area contributed by atoms with E-state index in [2.05, 4.69) is 19.3 Å². The maximum atomic E-state index is 11.4. The molecule has 0 bridgehead atoms. The molecular formula is C11H24N2O3. The zero-order chi connectivity index (χ0) is 12.4. The molecule has 16 heavy (non-hydrogen) atoms. The third-order valence-electron chi connectivity index (χ3n) is 2.19. The van der Waals surface area contributed by atoms with E-state index < -0.39 is 0 Å². The van der Waals surface area contributed by atoms with Crippen LogP contribution in [0.25, 0.3) is 0 Å². The van der Waals surface area contributed by atoms with Crippen LogP contribution in [-0.4, -0.2) is 32.8 Å². The van der Waals surface area contributed by atoms with Gasteiger partial charge >= 0.3 is 0 Å². The van der Waals surface area contributed by atoms with E-state index in [1.165, 1.54) is 0 Å². The number of hydrogen-bond donors (Lipinski definition) is 2. The van der Waals surface area contributed by atoms with Crippen molar-refractivity contribution in [2.45, 2.75) is 26.7 Å². The Kier molecular flexibility index (Phi) is 9.18. The first-order valence-corrected chi connectivity index (χ1v) is 5.69. The van der Waals surface area contributed by atoms with Crippen molar-refractivity contribution in [2.24, 2.45) is 17.6 Å². The van der Waals surface area contributed by atoms with Gasteiger partial charge < -0.3 is 10.5 Å². The van der Waals surface area contributed by atoms with Gasteiger partial charge in [-0.1, -0.05) is 13.8 Å². The first-order chi connectivity index (χ1) is 7.60. The molecule has 1 unspecified atom stereocenters. The summed E-state index contributed by atoms with van der Waals surface area (Å²) in [7, 11) is 1.58. The van der Waals surface area contributed by atoms with Gasteiger partial charge in [-0.15, -0.1) is 0 Å². The summed E-state index contributed by atoms with van der Waals surface area (Å²) in [5.41, 5.74) is 7.99. The van der Waals surface area contributed by atoms with Crippen LogP contribution in [0, 0.1) is 11.8 Å². The summed E-state index contributed by atoms with van der Waals surface area (Å²) < 4.78 is 4.78. The fourth-order valence-corrected chi connectivity index (χ4v) is 1.49. The van der Waals surface area contributed by atoms with Gasteiger partial charge in [0.05, 0.1) is 13.2 Å². The molecule has 0 aromatic rings. The fourth-order valence-electron chi connectivity index (χ4n) is 1.49. The normalized spacial score (nSPS) is 12.8. The molecule has 0 spiro atoms. The second kappa shape index (κ2) is 9.57. The molecule has 1 amide bonds. The van der Waals surface area contributed by atoms with Crippen molar-refractivity contribution in [3.8, 4) is 0 Å². The van der Waals surface area contributed by atoms with E-state index in [1.54, 1.807) is 7.11 Å². The molecular weight excluding hydrogens is 208 g/mol. The Balaban J connectivity index is 3.66. The highest BCUT2D eigenvalue weighted by Gasteiger charge is 2.13. The minimum atomic E-state index is -0.118. The van der Waals surface area contributed by atoms with Gasteiger partial charge in [0.2, 0.25) is 5.91 Å². The number of carbonyl (C=O) groups excluding carboxylic acids is 1. The van der Waals surface area contributed by atoms with Gasteiger partial charge in [0.15, 0.2) is 0 Å².